The molecule has 2 N–H and O–H groups in total. The predicted octanol–water partition coefficient (Wildman–Crippen LogP) is 2.29. The molecule has 0 heterocycles. The molecule has 3 nitrogen and oxygen atoms in total. The second-order valence-corrected chi connectivity index (χ2v) is 5.78. The van der Waals surface area contributed by atoms with Crippen LogP contribution in [0.4, 0.5) is 0 Å². The number of nitrogens with one attached hydrogen (secondary N) is 2. The molecule has 2 aliphatic rings. The molecule has 1 aromatic rings. The van der Waals surface area contributed by atoms with Gasteiger partial charge in [0.1, 0.15) is 0 Å². The summed E-state index contributed by atoms with van der Waals surface area (Å²) in [4.78, 5) is 4.74. The van der Waals surface area contributed by atoms with Crippen molar-refractivity contribution in [3.8, 4) is 0 Å². The third-order valence-corrected chi connectivity index (χ3v) is 4.21. The van der Waals surface area contributed by atoms with Gasteiger partial charge in [-0.25, -0.2) is 0 Å². The van der Waals surface area contributed by atoms with Crippen LogP contribution in [0, 0.1) is 5.92 Å². The van der Waals surface area contributed by atoms with Crippen LogP contribution in [-0.4, -0.2) is 25.1 Å². The summed E-state index contributed by atoms with van der Waals surface area (Å²) in [7, 11) is 0. The lowest BCUT2D eigenvalue weighted by Gasteiger charge is -2.29. The van der Waals surface area contributed by atoms with Gasteiger partial charge in [0.25, 0.3) is 0 Å². The first-order valence-electron chi connectivity index (χ1n) is 7.40. The van der Waals surface area contributed by atoms with E-state index in [-0.39, 0.29) is 0 Å². The Hall–Kier alpha value is -1.51. The molecule has 3 unspecified atom stereocenters. The van der Waals surface area contributed by atoms with E-state index in [2.05, 4.69) is 48.7 Å². The molecule has 0 saturated heterocycles. The lowest BCUT2D eigenvalue weighted by atomic mass is 9.78. The smallest absolute Gasteiger partial charge is 0.191 e. The Kier molecular flexibility index (Phi) is 3.45. The molecule has 19 heavy (non-hydrogen) atoms. The molecule has 102 valence electrons. The number of aliphatic imine (C=N–C) groups is 1. The highest BCUT2D eigenvalue weighted by atomic mass is 15.2. The van der Waals surface area contributed by atoms with Gasteiger partial charge in [0.2, 0.25) is 0 Å². The topological polar surface area (TPSA) is 36.4 Å². The number of hydrogen-bond acceptors (Lipinski definition) is 1. The van der Waals surface area contributed by atoms with Crippen molar-refractivity contribution in [1.82, 2.24) is 10.6 Å². The first-order valence-corrected chi connectivity index (χ1v) is 7.40. The van der Waals surface area contributed by atoms with Crippen LogP contribution in [0.1, 0.15) is 37.3 Å². The minimum absolute atomic E-state index is 0.614. The van der Waals surface area contributed by atoms with Crippen LogP contribution in [0.15, 0.2) is 29.3 Å². The molecular weight excluding hydrogens is 234 g/mol. The van der Waals surface area contributed by atoms with Crippen molar-refractivity contribution in [3.05, 3.63) is 35.4 Å². The highest BCUT2D eigenvalue weighted by Gasteiger charge is 2.33. The van der Waals surface area contributed by atoms with Crippen molar-refractivity contribution in [2.75, 3.05) is 13.1 Å². The molecule has 1 saturated carbocycles. The van der Waals surface area contributed by atoms with Gasteiger partial charge < -0.3 is 10.6 Å². The molecule has 0 amide bonds. The van der Waals surface area contributed by atoms with Crippen molar-refractivity contribution < 1.29 is 0 Å². The van der Waals surface area contributed by atoms with Gasteiger partial charge in [0.15, 0.2) is 5.96 Å². The first-order chi connectivity index (χ1) is 9.28. The van der Waals surface area contributed by atoms with Crippen molar-refractivity contribution in [3.63, 3.8) is 0 Å². The maximum Gasteiger partial charge on any atom is 0.191 e. The van der Waals surface area contributed by atoms with E-state index >= 15 is 0 Å². The minimum atomic E-state index is 0.614. The Morgan fingerprint density at radius 3 is 2.84 bits per heavy atom. The third kappa shape index (κ3) is 2.75. The first kappa shape index (κ1) is 12.5. The maximum atomic E-state index is 4.74. The van der Waals surface area contributed by atoms with Crippen LogP contribution in [0.25, 0.3) is 0 Å². The Labute approximate surface area is 115 Å². The van der Waals surface area contributed by atoms with Gasteiger partial charge in [-0.2, -0.15) is 0 Å². The lowest BCUT2D eigenvalue weighted by Crippen LogP contribution is -2.39. The monoisotopic (exact) mass is 257 g/mol. The molecule has 0 spiro atoms. The summed E-state index contributed by atoms with van der Waals surface area (Å²) >= 11 is 0. The molecule has 0 aliphatic heterocycles. The minimum Gasteiger partial charge on any atom is -0.357 e. The Morgan fingerprint density at radius 2 is 2.16 bits per heavy atom. The van der Waals surface area contributed by atoms with E-state index < -0.39 is 0 Å². The van der Waals surface area contributed by atoms with Gasteiger partial charge in [-0.05, 0) is 36.8 Å². The second-order valence-electron chi connectivity index (χ2n) is 5.78. The SMILES string of the molecule is CCNC(=NCC1Cc2ccccc21)NC1CC1C. The summed E-state index contributed by atoms with van der Waals surface area (Å²) in [5.41, 5.74) is 2.98. The molecule has 3 rings (SSSR count). The fourth-order valence-electron chi connectivity index (χ4n) is 2.75. The number of rotatable bonds is 4. The van der Waals surface area contributed by atoms with Crippen LogP contribution in [0.3, 0.4) is 0 Å². The second kappa shape index (κ2) is 5.24. The van der Waals surface area contributed by atoms with Crippen LogP contribution in [0.5, 0.6) is 0 Å². The number of nitrogens with zero attached hydrogens (tertiary/aromatic N) is 1. The van der Waals surface area contributed by atoms with E-state index in [9.17, 15) is 0 Å². The molecule has 0 radical (unpaired) electrons. The van der Waals surface area contributed by atoms with Crippen molar-refractivity contribution >= 4 is 5.96 Å². The van der Waals surface area contributed by atoms with Crippen LogP contribution >= 0.6 is 0 Å². The maximum absolute atomic E-state index is 4.74. The Balaban J connectivity index is 1.58. The van der Waals surface area contributed by atoms with Gasteiger partial charge in [0.05, 0.1) is 0 Å². The number of hydrogen-bond donors (Lipinski definition) is 2. The number of fused-ring (bicyclic) bond motifs is 1. The van der Waals surface area contributed by atoms with Crippen LogP contribution in [-0.2, 0) is 6.42 Å². The number of guanidine groups is 1. The van der Waals surface area contributed by atoms with Gasteiger partial charge >= 0.3 is 0 Å². The van der Waals surface area contributed by atoms with Crippen molar-refractivity contribution in [2.24, 2.45) is 10.9 Å². The molecule has 2 aliphatic carbocycles. The van der Waals surface area contributed by atoms with E-state index in [0.29, 0.717) is 12.0 Å². The third-order valence-electron chi connectivity index (χ3n) is 4.21. The lowest BCUT2D eigenvalue weighted by molar-refractivity contribution is 0.614. The van der Waals surface area contributed by atoms with Gasteiger partial charge in [0, 0.05) is 25.0 Å². The zero-order valence-electron chi connectivity index (χ0n) is 11.8. The summed E-state index contributed by atoms with van der Waals surface area (Å²) in [6.45, 7) is 6.22. The summed E-state index contributed by atoms with van der Waals surface area (Å²) in [6.07, 6.45) is 2.45. The largest absolute Gasteiger partial charge is 0.357 e. The fraction of sp³-hybridized carbons (Fsp3) is 0.562. The van der Waals surface area contributed by atoms with E-state index in [0.717, 1.165) is 25.0 Å². The Morgan fingerprint density at radius 1 is 1.37 bits per heavy atom. The molecule has 1 aromatic carbocycles. The van der Waals surface area contributed by atoms with Crippen LogP contribution in [0.2, 0.25) is 0 Å². The van der Waals surface area contributed by atoms with Crippen molar-refractivity contribution in [2.45, 2.75) is 38.6 Å². The summed E-state index contributed by atoms with van der Waals surface area (Å²) < 4.78 is 0. The van der Waals surface area contributed by atoms with E-state index in [1.165, 1.54) is 24.0 Å². The summed E-state index contributed by atoms with van der Waals surface area (Å²) in [5.74, 6) is 2.40. The quantitative estimate of drug-likeness (QED) is 0.641. The fourth-order valence-corrected chi connectivity index (χ4v) is 2.75. The molecule has 1 fully saturated rings. The molecule has 0 bridgehead atoms. The predicted molar refractivity (Wildman–Crippen MR) is 79.6 cm³/mol. The zero-order valence-corrected chi connectivity index (χ0v) is 11.8. The van der Waals surface area contributed by atoms with Gasteiger partial charge in [-0.1, -0.05) is 31.2 Å². The highest BCUT2D eigenvalue weighted by molar-refractivity contribution is 5.80. The summed E-state index contributed by atoms with van der Waals surface area (Å²) in [6, 6.07) is 9.35. The normalized spacial score (nSPS) is 28.3. The molecular formula is C16H23N3. The molecule has 3 heteroatoms. The average molecular weight is 257 g/mol. The average Bonchev–Trinajstić information content (AvgIpc) is 3.06. The number of benzene rings is 1. The van der Waals surface area contributed by atoms with Crippen LogP contribution < -0.4 is 10.6 Å². The van der Waals surface area contributed by atoms with E-state index in [1.54, 1.807) is 0 Å². The van der Waals surface area contributed by atoms with Gasteiger partial charge in [-0.15, -0.1) is 0 Å². The molecule has 0 aromatic heterocycles. The van der Waals surface area contributed by atoms with Gasteiger partial charge in [-0.3, -0.25) is 4.99 Å². The highest BCUT2D eigenvalue weighted by Crippen LogP contribution is 2.34. The summed E-state index contributed by atoms with van der Waals surface area (Å²) in [5, 5.41) is 6.85. The van der Waals surface area contributed by atoms with Crippen molar-refractivity contribution in [1.29, 1.82) is 0 Å². The van der Waals surface area contributed by atoms with E-state index in [4.69, 9.17) is 4.99 Å². The standard InChI is InChI=1S/C16H23N3/c1-3-17-16(19-15-8-11(15)2)18-10-13-9-12-6-4-5-7-14(12)13/h4-7,11,13,15H,3,8-10H2,1-2H3,(H2,17,18,19). The van der Waals surface area contributed by atoms with E-state index in [1.807, 2.05) is 0 Å². The Bertz CT molecular complexity index is 481. The molecule has 3 atom stereocenters. The zero-order chi connectivity index (χ0) is 13.2.